The van der Waals surface area contributed by atoms with Gasteiger partial charge in [0.15, 0.2) is 0 Å². The molecule has 0 N–H and O–H groups in total. The van der Waals surface area contributed by atoms with Crippen LogP contribution in [0.15, 0.2) is 15.3 Å². The van der Waals surface area contributed by atoms with Gasteiger partial charge in [0.25, 0.3) is 0 Å². The quantitative estimate of drug-likeness (QED) is 0.560. The summed E-state index contributed by atoms with van der Waals surface area (Å²) in [5.41, 5.74) is 2.24. The zero-order valence-corrected chi connectivity index (χ0v) is 6.52. The summed E-state index contributed by atoms with van der Waals surface area (Å²) < 4.78 is 4.96. The molecule has 0 amide bonds. The van der Waals surface area contributed by atoms with Crippen molar-refractivity contribution in [2.75, 3.05) is 0 Å². The molecule has 0 atom stereocenters. The van der Waals surface area contributed by atoms with Crippen LogP contribution in [0.5, 0.6) is 0 Å². The summed E-state index contributed by atoms with van der Waals surface area (Å²) >= 11 is 0. The Morgan fingerprint density at radius 3 is 3.09 bits per heavy atom. The average Bonchev–Trinajstić information content (AvgIpc) is 2.34. The van der Waals surface area contributed by atoms with Gasteiger partial charge in [-0.05, 0) is 37.3 Å². The Bertz CT molecular complexity index is 336. The van der Waals surface area contributed by atoms with Crippen LogP contribution in [-0.4, -0.2) is 0 Å². The molecular formula is C9H10O2. The van der Waals surface area contributed by atoms with Crippen molar-refractivity contribution in [3.8, 4) is 0 Å². The second kappa shape index (κ2) is 2.22. The first-order valence-corrected chi connectivity index (χ1v) is 3.90. The molecule has 2 heteroatoms. The van der Waals surface area contributed by atoms with E-state index < -0.39 is 0 Å². The Balaban J connectivity index is 2.70. The summed E-state index contributed by atoms with van der Waals surface area (Å²) in [7, 11) is 0. The van der Waals surface area contributed by atoms with E-state index in [0.717, 1.165) is 25.0 Å². The molecule has 1 heterocycles. The fourth-order valence-electron chi connectivity index (χ4n) is 1.71. The molecule has 0 fully saturated rings. The molecule has 1 aromatic heterocycles. The standard InChI is InChI=1S/C9H10O2/c1-6-8-4-2-3-7(8)5-9(10)11-6/h5H,2-4H2,1H3. The Labute approximate surface area is 64.9 Å². The molecule has 1 aliphatic carbocycles. The van der Waals surface area contributed by atoms with Crippen molar-refractivity contribution in [2.45, 2.75) is 26.2 Å². The molecule has 0 bridgehead atoms. The molecule has 1 aromatic rings. The molecular weight excluding hydrogens is 140 g/mol. The monoisotopic (exact) mass is 150 g/mol. The molecule has 11 heavy (non-hydrogen) atoms. The first-order valence-electron chi connectivity index (χ1n) is 3.90. The maximum absolute atomic E-state index is 10.9. The SMILES string of the molecule is Cc1oc(=O)cc2c1CCC2. The predicted molar refractivity (Wildman–Crippen MR) is 41.7 cm³/mol. The average molecular weight is 150 g/mol. The molecule has 2 nitrogen and oxygen atoms in total. The maximum Gasteiger partial charge on any atom is 0.336 e. The molecule has 58 valence electrons. The normalized spacial score (nSPS) is 15.0. The lowest BCUT2D eigenvalue weighted by atomic mass is 10.1. The lowest BCUT2D eigenvalue weighted by Crippen LogP contribution is -2.01. The van der Waals surface area contributed by atoms with Gasteiger partial charge in [-0.1, -0.05) is 0 Å². The molecule has 0 saturated heterocycles. The van der Waals surface area contributed by atoms with E-state index in [0.29, 0.717) is 0 Å². The van der Waals surface area contributed by atoms with Gasteiger partial charge in [-0.3, -0.25) is 0 Å². The third-order valence-electron chi connectivity index (χ3n) is 2.23. The van der Waals surface area contributed by atoms with Crippen molar-refractivity contribution in [3.05, 3.63) is 33.4 Å². The highest BCUT2D eigenvalue weighted by Gasteiger charge is 2.14. The van der Waals surface area contributed by atoms with Crippen molar-refractivity contribution in [2.24, 2.45) is 0 Å². The fourth-order valence-corrected chi connectivity index (χ4v) is 1.71. The summed E-state index contributed by atoms with van der Waals surface area (Å²) in [6.45, 7) is 1.87. The van der Waals surface area contributed by atoms with Gasteiger partial charge < -0.3 is 4.42 Å². The summed E-state index contributed by atoms with van der Waals surface area (Å²) in [6.07, 6.45) is 3.28. The zero-order chi connectivity index (χ0) is 7.84. The molecule has 0 spiro atoms. The van der Waals surface area contributed by atoms with E-state index in [1.54, 1.807) is 6.07 Å². The van der Waals surface area contributed by atoms with Crippen molar-refractivity contribution in [1.82, 2.24) is 0 Å². The van der Waals surface area contributed by atoms with Crippen LogP contribution in [0, 0.1) is 6.92 Å². The smallest absolute Gasteiger partial charge is 0.336 e. The van der Waals surface area contributed by atoms with Crippen LogP contribution in [0.1, 0.15) is 23.3 Å². The largest absolute Gasteiger partial charge is 0.428 e. The first kappa shape index (κ1) is 6.65. The van der Waals surface area contributed by atoms with Crippen LogP contribution in [0.2, 0.25) is 0 Å². The molecule has 0 aromatic carbocycles. The minimum Gasteiger partial charge on any atom is -0.428 e. The Kier molecular flexibility index (Phi) is 1.34. The number of rotatable bonds is 0. The van der Waals surface area contributed by atoms with Crippen molar-refractivity contribution in [3.63, 3.8) is 0 Å². The van der Waals surface area contributed by atoms with Gasteiger partial charge in [0.1, 0.15) is 5.76 Å². The van der Waals surface area contributed by atoms with Gasteiger partial charge in [0, 0.05) is 6.07 Å². The zero-order valence-electron chi connectivity index (χ0n) is 6.52. The van der Waals surface area contributed by atoms with Gasteiger partial charge in [0.05, 0.1) is 0 Å². The van der Waals surface area contributed by atoms with Crippen LogP contribution in [0.3, 0.4) is 0 Å². The van der Waals surface area contributed by atoms with Crippen LogP contribution >= 0.6 is 0 Å². The van der Waals surface area contributed by atoms with Crippen LogP contribution in [0.4, 0.5) is 0 Å². The lowest BCUT2D eigenvalue weighted by molar-refractivity contribution is 0.473. The fraction of sp³-hybridized carbons (Fsp3) is 0.444. The van der Waals surface area contributed by atoms with Crippen LogP contribution in [-0.2, 0) is 12.8 Å². The van der Waals surface area contributed by atoms with Crippen LogP contribution in [0.25, 0.3) is 0 Å². The number of fused-ring (bicyclic) bond motifs is 1. The Hall–Kier alpha value is -1.05. The first-order chi connectivity index (χ1) is 5.27. The molecule has 0 radical (unpaired) electrons. The summed E-state index contributed by atoms with van der Waals surface area (Å²) in [5.74, 6) is 0.810. The van der Waals surface area contributed by atoms with E-state index in [4.69, 9.17) is 4.42 Å². The Morgan fingerprint density at radius 1 is 1.45 bits per heavy atom. The number of hydrogen-bond donors (Lipinski definition) is 0. The van der Waals surface area contributed by atoms with Crippen molar-refractivity contribution in [1.29, 1.82) is 0 Å². The highest BCUT2D eigenvalue weighted by Crippen LogP contribution is 2.22. The van der Waals surface area contributed by atoms with E-state index in [1.165, 1.54) is 11.1 Å². The molecule has 0 unspecified atom stereocenters. The third-order valence-corrected chi connectivity index (χ3v) is 2.23. The second-order valence-corrected chi connectivity index (χ2v) is 2.98. The lowest BCUT2D eigenvalue weighted by Gasteiger charge is -1.98. The predicted octanol–water partition coefficient (Wildman–Crippen LogP) is 1.44. The van der Waals surface area contributed by atoms with Crippen molar-refractivity contribution >= 4 is 0 Å². The van der Waals surface area contributed by atoms with Gasteiger partial charge in [-0.25, -0.2) is 4.79 Å². The van der Waals surface area contributed by atoms with Crippen LogP contribution < -0.4 is 5.63 Å². The molecule has 1 aliphatic rings. The summed E-state index contributed by atoms with van der Waals surface area (Å²) in [4.78, 5) is 10.9. The molecule has 0 saturated carbocycles. The topological polar surface area (TPSA) is 30.2 Å². The summed E-state index contributed by atoms with van der Waals surface area (Å²) in [5, 5.41) is 0. The highest BCUT2D eigenvalue weighted by molar-refractivity contribution is 5.31. The van der Waals surface area contributed by atoms with E-state index in [2.05, 4.69) is 0 Å². The van der Waals surface area contributed by atoms with Gasteiger partial charge in [-0.15, -0.1) is 0 Å². The van der Waals surface area contributed by atoms with E-state index in [-0.39, 0.29) is 5.63 Å². The van der Waals surface area contributed by atoms with E-state index in [1.807, 2.05) is 6.92 Å². The van der Waals surface area contributed by atoms with Crippen molar-refractivity contribution < 1.29 is 4.42 Å². The van der Waals surface area contributed by atoms with Gasteiger partial charge in [0.2, 0.25) is 0 Å². The van der Waals surface area contributed by atoms with E-state index in [9.17, 15) is 4.79 Å². The highest BCUT2D eigenvalue weighted by atomic mass is 16.4. The van der Waals surface area contributed by atoms with E-state index >= 15 is 0 Å². The number of hydrogen-bond acceptors (Lipinski definition) is 2. The van der Waals surface area contributed by atoms with Gasteiger partial charge in [-0.2, -0.15) is 0 Å². The summed E-state index contributed by atoms with van der Waals surface area (Å²) in [6, 6.07) is 1.62. The maximum atomic E-state index is 10.9. The Morgan fingerprint density at radius 2 is 2.27 bits per heavy atom. The molecule has 0 aliphatic heterocycles. The minimum atomic E-state index is -0.205. The second-order valence-electron chi connectivity index (χ2n) is 2.98. The van der Waals surface area contributed by atoms with Gasteiger partial charge >= 0.3 is 5.63 Å². The third kappa shape index (κ3) is 0.985. The molecule has 2 rings (SSSR count). The number of aryl methyl sites for hydroxylation is 2. The minimum absolute atomic E-state index is 0.205.